The maximum absolute atomic E-state index is 12.6. The summed E-state index contributed by atoms with van der Waals surface area (Å²) < 4.78 is 0. The number of carbonyl (C=O) groups is 1. The first-order valence-corrected chi connectivity index (χ1v) is 7.22. The summed E-state index contributed by atoms with van der Waals surface area (Å²) in [4.78, 5) is 14.6. The summed E-state index contributed by atoms with van der Waals surface area (Å²) in [5, 5.41) is 0. The third kappa shape index (κ3) is 2.46. The second kappa shape index (κ2) is 5.49. The molecule has 20 heavy (non-hydrogen) atoms. The predicted octanol–water partition coefficient (Wildman–Crippen LogP) is 3.98. The van der Waals surface area contributed by atoms with Gasteiger partial charge < -0.3 is 4.90 Å². The van der Waals surface area contributed by atoms with E-state index in [2.05, 4.69) is 25.1 Å². The molecular weight excluding hydrogens is 246 g/mol. The average molecular weight is 265 g/mol. The molecule has 0 radical (unpaired) electrons. The summed E-state index contributed by atoms with van der Waals surface area (Å²) in [7, 11) is 0. The van der Waals surface area contributed by atoms with E-state index in [0.29, 0.717) is 6.04 Å². The van der Waals surface area contributed by atoms with Gasteiger partial charge in [0, 0.05) is 18.2 Å². The highest BCUT2D eigenvalue weighted by atomic mass is 16.2. The molecular formula is C18H19NO. The quantitative estimate of drug-likeness (QED) is 0.804. The van der Waals surface area contributed by atoms with Gasteiger partial charge in [-0.15, -0.1) is 0 Å². The van der Waals surface area contributed by atoms with E-state index in [9.17, 15) is 4.79 Å². The molecule has 0 saturated carbocycles. The molecule has 2 aromatic rings. The normalized spacial score (nSPS) is 18.2. The molecule has 1 saturated heterocycles. The number of hydrogen-bond acceptors (Lipinski definition) is 1. The van der Waals surface area contributed by atoms with Gasteiger partial charge in [0.25, 0.3) is 5.91 Å². The van der Waals surface area contributed by atoms with Crippen LogP contribution in [-0.4, -0.2) is 23.4 Å². The topological polar surface area (TPSA) is 20.3 Å². The highest BCUT2D eigenvalue weighted by Crippen LogP contribution is 2.23. The zero-order chi connectivity index (χ0) is 13.9. The number of rotatable bonds is 2. The molecule has 2 heteroatoms. The second-order valence-electron chi connectivity index (χ2n) is 5.44. The molecule has 102 valence electrons. The van der Waals surface area contributed by atoms with Gasteiger partial charge in [-0.1, -0.05) is 42.5 Å². The van der Waals surface area contributed by atoms with Crippen LogP contribution in [0.2, 0.25) is 0 Å². The fraction of sp³-hybridized carbons (Fsp3) is 0.278. The third-order valence-corrected chi connectivity index (χ3v) is 4.03. The van der Waals surface area contributed by atoms with Crippen molar-refractivity contribution in [3.05, 3.63) is 60.2 Å². The third-order valence-electron chi connectivity index (χ3n) is 4.03. The lowest BCUT2D eigenvalue weighted by molar-refractivity contribution is 0.0747. The van der Waals surface area contributed by atoms with Gasteiger partial charge in [-0.3, -0.25) is 4.79 Å². The van der Waals surface area contributed by atoms with Gasteiger partial charge in [-0.2, -0.15) is 0 Å². The van der Waals surface area contributed by atoms with Crippen LogP contribution in [0.5, 0.6) is 0 Å². The Bertz CT molecular complexity index is 606. The minimum atomic E-state index is 0.160. The Morgan fingerprint density at radius 1 is 1.05 bits per heavy atom. The molecule has 1 amide bonds. The maximum Gasteiger partial charge on any atom is 0.254 e. The van der Waals surface area contributed by atoms with Crippen LogP contribution in [0.4, 0.5) is 0 Å². The Balaban J connectivity index is 1.90. The van der Waals surface area contributed by atoms with Gasteiger partial charge in [0.2, 0.25) is 0 Å². The molecule has 1 aliphatic rings. The van der Waals surface area contributed by atoms with E-state index in [1.165, 1.54) is 0 Å². The molecule has 0 aliphatic carbocycles. The van der Waals surface area contributed by atoms with Gasteiger partial charge in [-0.05, 0) is 43.0 Å². The summed E-state index contributed by atoms with van der Waals surface area (Å²) in [6.07, 6.45) is 2.23. The number of nitrogens with zero attached hydrogens (tertiary/aromatic N) is 1. The monoisotopic (exact) mass is 265 g/mol. The highest BCUT2D eigenvalue weighted by molar-refractivity contribution is 5.95. The van der Waals surface area contributed by atoms with E-state index in [1.807, 2.05) is 41.3 Å². The lowest BCUT2D eigenvalue weighted by Crippen LogP contribution is -2.33. The van der Waals surface area contributed by atoms with E-state index < -0.39 is 0 Å². The molecule has 2 nitrogen and oxygen atoms in total. The fourth-order valence-corrected chi connectivity index (χ4v) is 2.86. The minimum Gasteiger partial charge on any atom is -0.336 e. The Morgan fingerprint density at radius 3 is 2.50 bits per heavy atom. The van der Waals surface area contributed by atoms with E-state index >= 15 is 0 Å². The number of carbonyl (C=O) groups excluding carboxylic acids is 1. The van der Waals surface area contributed by atoms with E-state index in [4.69, 9.17) is 0 Å². The number of benzene rings is 2. The molecule has 0 N–H and O–H groups in total. The van der Waals surface area contributed by atoms with Crippen LogP contribution >= 0.6 is 0 Å². The van der Waals surface area contributed by atoms with Gasteiger partial charge in [0.1, 0.15) is 0 Å². The molecule has 1 fully saturated rings. The maximum atomic E-state index is 12.6. The molecule has 0 spiro atoms. The minimum absolute atomic E-state index is 0.160. The predicted molar refractivity (Wildman–Crippen MR) is 81.6 cm³/mol. The molecule has 1 atom stereocenters. The van der Waals surface area contributed by atoms with Gasteiger partial charge in [-0.25, -0.2) is 0 Å². The number of hydrogen-bond donors (Lipinski definition) is 0. The average Bonchev–Trinajstić information content (AvgIpc) is 2.94. The zero-order valence-electron chi connectivity index (χ0n) is 11.8. The van der Waals surface area contributed by atoms with Crippen molar-refractivity contribution >= 4 is 5.91 Å². The lowest BCUT2D eigenvalue weighted by Gasteiger charge is -2.21. The summed E-state index contributed by atoms with van der Waals surface area (Å²) in [6, 6.07) is 18.5. The van der Waals surface area contributed by atoms with E-state index in [1.54, 1.807) is 0 Å². The molecule has 3 rings (SSSR count). The molecule has 1 heterocycles. The Morgan fingerprint density at radius 2 is 1.80 bits per heavy atom. The molecule has 0 aromatic heterocycles. The summed E-state index contributed by atoms with van der Waals surface area (Å²) in [5.74, 6) is 0.160. The second-order valence-corrected chi connectivity index (χ2v) is 5.44. The Kier molecular flexibility index (Phi) is 3.55. The zero-order valence-corrected chi connectivity index (χ0v) is 11.8. The number of likely N-dealkylation sites (tertiary alicyclic amines) is 1. The van der Waals surface area contributed by atoms with Crippen molar-refractivity contribution in [3.63, 3.8) is 0 Å². The van der Waals surface area contributed by atoms with Crippen LogP contribution in [-0.2, 0) is 0 Å². The van der Waals surface area contributed by atoms with Gasteiger partial charge in [0.05, 0.1) is 0 Å². The first-order valence-electron chi connectivity index (χ1n) is 7.22. The molecule has 2 aromatic carbocycles. The van der Waals surface area contributed by atoms with Crippen LogP contribution in [0.1, 0.15) is 30.1 Å². The lowest BCUT2D eigenvalue weighted by atomic mass is 10.0. The summed E-state index contributed by atoms with van der Waals surface area (Å²) in [5.41, 5.74) is 3.04. The first-order chi connectivity index (χ1) is 9.75. The Labute approximate surface area is 120 Å². The van der Waals surface area contributed by atoms with Gasteiger partial charge >= 0.3 is 0 Å². The standard InChI is InChI=1S/C18H19NO/c1-14-7-6-12-19(14)18(20)17-11-5-10-16(13-17)15-8-3-2-4-9-15/h2-5,8-11,13-14H,6-7,12H2,1H3. The van der Waals surface area contributed by atoms with Crippen molar-refractivity contribution in [1.29, 1.82) is 0 Å². The highest BCUT2D eigenvalue weighted by Gasteiger charge is 2.25. The van der Waals surface area contributed by atoms with Crippen molar-refractivity contribution in [3.8, 4) is 11.1 Å². The van der Waals surface area contributed by atoms with Crippen LogP contribution in [0.25, 0.3) is 11.1 Å². The Hall–Kier alpha value is -2.09. The smallest absolute Gasteiger partial charge is 0.254 e. The van der Waals surface area contributed by atoms with Crippen molar-refractivity contribution in [2.45, 2.75) is 25.8 Å². The summed E-state index contributed by atoms with van der Waals surface area (Å²) >= 11 is 0. The summed E-state index contributed by atoms with van der Waals surface area (Å²) in [6.45, 7) is 3.02. The van der Waals surface area contributed by atoms with Crippen molar-refractivity contribution < 1.29 is 4.79 Å². The van der Waals surface area contributed by atoms with E-state index in [-0.39, 0.29) is 5.91 Å². The van der Waals surface area contributed by atoms with Crippen LogP contribution in [0, 0.1) is 0 Å². The van der Waals surface area contributed by atoms with Crippen molar-refractivity contribution in [2.75, 3.05) is 6.54 Å². The van der Waals surface area contributed by atoms with E-state index in [0.717, 1.165) is 36.1 Å². The SMILES string of the molecule is CC1CCCN1C(=O)c1cccc(-c2ccccc2)c1. The van der Waals surface area contributed by atoms with Crippen molar-refractivity contribution in [2.24, 2.45) is 0 Å². The molecule has 0 bridgehead atoms. The molecule has 1 unspecified atom stereocenters. The largest absolute Gasteiger partial charge is 0.336 e. The first kappa shape index (κ1) is 12.9. The van der Waals surface area contributed by atoms with Crippen LogP contribution < -0.4 is 0 Å². The van der Waals surface area contributed by atoms with Crippen LogP contribution in [0.3, 0.4) is 0 Å². The fourth-order valence-electron chi connectivity index (χ4n) is 2.86. The van der Waals surface area contributed by atoms with Gasteiger partial charge in [0.15, 0.2) is 0 Å². The van der Waals surface area contributed by atoms with Crippen molar-refractivity contribution in [1.82, 2.24) is 4.90 Å². The number of amides is 1. The van der Waals surface area contributed by atoms with Crippen LogP contribution in [0.15, 0.2) is 54.6 Å². The molecule has 1 aliphatic heterocycles.